The molecule has 4 nitrogen and oxygen atoms in total. The summed E-state index contributed by atoms with van der Waals surface area (Å²) in [5, 5.41) is 0. The first kappa shape index (κ1) is 14.1. The van der Waals surface area contributed by atoms with Crippen LogP contribution < -0.4 is 0 Å². The normalized spacial score (nSPS) is 18.0. The van der Waals surface area contributed by atoms with Crippen LogP contribution >= 0.6 is 0 Å². The average Bonchev–Trinajstić information content (AvgIpc) is 2.26. The molecule has 1 aliphatic rings. The van der Waals surface area contributed by atoms with Crippen LogP contribution in [-0.4, -0.2) is 24.7 Å². The van der Waals surface area contributed by atoms with Gasteiger partial charge in [-0.2, -0.15) is 0 Å². The van der Waals surface area contributed by atoms with E-state index >= 15 is 0 Å². The summed E-state index contributed by atoms with van der Waals surface area (Å²) in [5.74, 6) is -0.187. The number of sulfonamides is 1. The zero-order valence-corrected chi connectivity index (χ0v) is 12.5. The molecule has 0 radical (unpaired) electrons. The molecule has 0 bridgehead atoms. The first-order valence-electron chi connectivity index (χ1n) is 6.43. The minimum absolute atomic E-state index is 0.0926. The van der Waals surface area contributed by atoms with Gasteiger partial charge >= 0.3 is 0 Å². The van der Waals surface area contributed by atoms with Gasteiger partial charge in [-0.05, 0) is 37.0 Å². The molecule has 2 rings (SSSR count). The van der Waals surface area contributed by atoms with Crippen LogP contribution in [0.3, 0.4) is 0 Å². The number of hydrogen-bond donors (Lipinski definition) is 0. The Hall–Kier alpha value is -1.36. The molecule has 1 aliphatic heterocycles. The van der Waals surface area contributed by atoms with E-state index in [2.05, 4.69) is 0 Å². The molecule has 1 amide bonds. The molecule has 0 unspecified atom stereocenters. The number of benzene rings is 1. The van der Waals surface area contributed by atoms with Gasteiger partial charge in [-0.25, -0.2) is 12.7 Å². The number of rotatable bonds is 2. The summed E-state index contributed by atoms with van der Waals surface area (Å²) in [6.45, 7) is 7.53. The second kappa shape index (κ2) is 4.63. The summed E-state index contributed by atoms with van der Waals surface area (Å²) in [5.41, 5.74) is 2.18. The maximum atomic E-state index is 12.4. The highest BCUT2D eigenvalue weighted by molar-refractivity contribution is 7.89. The molecule has 0 aromatic heterocycles. The lowest BCUT2D eigenvalue weighted by molar-refractivity contribution is 0.0829. The largest absolute Gasteiger partial charge is 0.268 e. The lowest BCUT2D eigenvalue weighted by Crippen LogP contribution is -2.46. The monoisotopic (exact) mass is 281 g/mol. The van der Waals surface area contributed by atoms with Crippen LogP contribution in [0.1, 0.15) is 55.1 Å². The highest BCUT2D eigenvalue weighted by atomic mass is 32.2. The standard InChI is InChI=1S/C14H19NO3S/c1-9(2)11-5-6-12-8-19(17,18)15(10(3)4)14(16)13(12)7-11/h5-7,9-10H,8H2,1-4H3. The molecule has 0 atom stereocenters. The van der Waals surface area contributed by atoms with Crippen LogP contribution in [0.15, 0.2) is 18.2 Å². The molecular formula is C14H19NO3S. The van der Waals surface area contributed by atoms with Gasteiger partial charge in [0, 0.05) is 11.6 Å². The van der Waals surface area contributed by atoms with Gasteiger partial charge in [-0.3, -0.25) is 4.79 Å². The number of carbonyl (C=O) groups excluding carboxylic acids is 1. The predicted octanol–water partition coefficient (Wildman–Crippen LogP) is 2.50. The Morgan fingerprint density at radius 1 is 1.16 bits per heavy atom. The maximum Gasteiger partial charge on any atom is 0.267 e. The molecule has 0 fully saturated rings. The molecule has 1 aromatic carbocycles. The SMILES string of the molecule is CC(C)c1ccc2c(c1)C(=O)N(C(C)C)S(=O)(=O)C2. The maximum absolute atomic E-state index is 12.4. The molecular weight excluding hydrogens is 262 g/mol. The zero-order valence-electron chi connectivity index (χ0n) is 11.7. The third-order valence-electron chi connectivity index (χ3n) is 3.34. The van der Waals surface area contributed by atoms with E-state index in [9.17, 15) is 13.2 Å². The van der Waals surface area contributed by atoms with Gasteiger partial charge in [-0.15, -0.1) is 0 Å². The summed E-state index contributed by atoms with van der Waals surface area (Å²) >= 11 is 0. The number of carbonyl (C=O) groups is 1. The number of fused-ring (bicyclic) bond motifs is 1. The van der Waals surface area contributed by atoms with Crippen molar-refractivity contribution in [1.29, 1.82) is 0 Å². The van der Waals surface area contributed by atoms with E-state index in [-0.39, 0.29) is 11.8 Å². The summed E-state index contributed by atoms with van der Waals surface area (Å²) < 4.78 is 25.2. The van der Waals surface area contributed by atoms with Crippen molar-refractivity contribution < 1.29 is 13.2 Å². The van der Waals surface area contributed by atoms with Crippen LogP contribution in [0.2, 0.25) is 0 Å². The Bertz CT molecular complexity index is 618. The quantitative estimate of drug-likeness (QED) is 0.837. The molecule has 0 saturated carbocycles. The highest BCUT2D eigenvalue weighted by Gasteiger charge is 2.37. The smallest absolute Gasteiger partial charge is 0.267 e. The zero-order chi connectivity index (χ0) is 14.4. The fraction of sp³-hybridized carbons (Fsp3) is 0.500. The summed E-state index contributed by atoms with van der Waals surface area (Å²) in [4.78, 5) is 12.4. The molecule has 0 aliphatic carbocycles. The fourth-order valence-corrected chi connectivity index (χ4v) is 4.12. The van der Waals surface area contributed by atoms with E-state index in [0.717, 1.165) is 9.87 Å². The Labute approximate surface area is 114 Å². The number of hydrogen-bond acceptors (Lipinski definition) is 3. The minimum atomic E-state index is -3.53. The third kappa shape index (κ3) is 2.39. The summed E-state index contributed by atoms with van der Waals surface area (Å²) in [6, 6.07) is 5.13. The van der Waals surface area contributed by atoms with E-state index < -0.39 is 15.9 Å². The van der Waals surface area contributed by atoms with Crippen molar-refractivity contribution in [2.75, 3.05) is 0 Å². The van der Waals surface area contributed by atoms with Crippen molar-refractivity contribution in [1.82, 2.24) is 4.31 Å². The van der Waals surface area contributed by atoms with Crippen molar-refractivity contribution in [3.63, 3.8) is 0 Å². The van der Waals surface area contributed by atoms with Crippen LogP contribution in [-0.2, 0) is 15.8 Å². The molecule has 0 saturated heterocycles. The van der Waals surface area contributed by atoms with Crippen molar-refractivity contribution >= 4 is 15.9 Å². The minimum Gasteiger partial charge on any atom is -0.268 e. The molecule has 19 heavy (non-hydrogen) atoms. The summed E-state index contributed by atoms with van der Waals surface area (Å²) in [7, 11) is -3.53. The average molecular weight is 281 g/mol. The number of nitrogens with zero attached hydrogens (tertiary/aromatic N) is 1. The van der Waals surface area contributed by atoms with Gasteiger partial charge in [0.15, 0.2) is 0 Å². The molecule has 104 valence electrons. The van der Waals surface area contributed by atoms with E-state index in [1.54, 1.807) is 19.9 Å². The van der Waals surface area contributed by atoms with Gasteiger partial charge in [0.2, 0.25) is 10.0 Å². The van der Waals surface area contributed by atoms with E-state index in [4.69, 9.17) is 0 Å². The van der Waals surface area contributed by atoms with E-state index in [0.29, 0.717) is 17.0 Å². The lowest BCUT2D eigenvalue weighted by Gasteiger charge is -2.31. The van der Waals surface area contributed by atoms with Gasteiger partial charge in [0.05, 0.1) is 5.75 Å². The lowest BCUT2D eigenvalue weighted by atomic mass is 9.97. The van der Waals surface area contributed by atoms with Crippen molar-refractivity contribution in [3.8, 4) is 0 Å². The number of amides is 1. The summed E-state index contributed by atoms with van der Waals surface area (Å²) in [6.07, 6.45) is 0. The topological polar surface area (TPSA) is 54.5 Å². The highest BCUT2D eigenvalue weighted by Crippen LogP contribution is 2.29. The Morgan fingerprint density at radius 2 is 1.79 bits per heavy atom. The van der Waals surface area contributed by atoms with Gasteiger partial charge in [0.25, 0.3) is 5.91 Å². The van der Waals surface area contributed by atoms with Crippen LogP contribution in [0.4, 0.5) is 0 Å². The van der Waals surface area contributed by atoms with E-state index in [1.807, 2.05) is 26.0 Å². The van der Waals surface area contributed by atoms with Crippen LogP contribution in [0, 0.1) is 0 Å². The molecule has 0 N–H and O–H groups in total. The molecule has 1 aromatic rings. The third-order valence-corrected chi connectivity index (χ3v) is 5.20. The second-order valence-corrected chi connectivity index (χ2v) is 7.37. The Balaban J connectivity index is 2.58. The second-order valence-electron chi connectivity index (χ2n) is 5.52. The van der Waals surface area contributed by atoms with Crippen molar-refractivity contribution in [2.45, 2.75) is 45.4 Å². The van der Waals surface area contributed by atoms with E-state index in [1.165, 1.54) is 0 Å². The van der Waals surface area contributed by atoms with Gasteiger partial charge in [0.1, 0.15) is 0 Å². The molecule has 0 spiro atoms. The Morgan fingerprint density at radius 3 is 2.32 bits per heavy atom. The predicted molar refractivity (Wildman–Crippen MR) is 74.5 cm³/mol. The fourth-order valence-electron chi connectivity index (χ4n) is 2.34. The van der Waals surface area contributed by atoms with Crippen LogP contribution in [0.25, 0.3) is 0 Å². The first-order valence-corrected chi connectivity index (χ1v) is 8.04. The van der Waals surface area contributed by atoms with Crippen molar-refractivity contribution in [2.24, 2.45) is 0 Å². The first-order chi connectivity index (χ1) is 8.74. The Kier molecular flexibility index (Phi) is 3.43. The van der Waals surface area contributed by atoms with Crippen molar-refractivity contribution in [3.05, 3.63) is 34.9 Å². The molecule has 1 heterocycles. The van der Waals surface area contributed by atoms with Gasteiger partial charge < -0.3 is 0 Å². The molecule has 5 heteroatoms. The van der Waals surface area contributed by atoms with Crippen LogP contribution in [0.5, 0.6) is 0 Å². The van der Waals surface area contributed by atoms with Gasteiger partial charge in [-0.1, -0.05) is 26.0 Å².